The number of aryl methyl sites for hydroxylation is 1. The van der Waals surface area contributed by atoms with E-state index in [1.807, 2.05) is 31.2 Å². The van der Waals surface area contributed by atoms with Crippen LogP contribution >= 0.6 is 11.6 Å². The van der Waals surface area contributed by atoms with Crippen molar-refractivity contribution in [3.63, 3.8) is 0 Å². The largest absolute Gasteiger partial charge is 0.289 e. The zero-order chi connectivity index (χ0) is 17.8. The molecule has 2 aromatic carbocycles. The first-order valence-corrected chi connectivity index (χ1v) is 7.82. The van der Waals surface area contributed by atoms with Crippen LogP contribution in [-0.4, -0.2) is 22.3 Å². The lowest BCUT2D eigenvalue weighted by molar-refractivity contribution is 0.0950. The first-order chi connectivity index (χ1) is 12.0. The summed E-state index contributed by atoms with van der Waals surface area (Å²) in [4.78, 5) is 12.1. The summed E-state index contributed by atoms with van der Waals surface area (Å²) in [5.74, 6) is -1.01. The zero-order valence-electron chi connectivity index (χ0n) is 13.3. The van der Waals surface area contributed by atoms with Gasteiger partial charge in [-0.1, -0.05) is 47.5 Å². The first kappa shape index (κ1) is 16.9. The number of carbonyl (C=O) groups is 1. The van der Waals surface area contributed by atoms with Crippen LogP contribution in [0.2, 0.25) is 5.02 Å². The summed E-state index contributed by atoms with van der Waals surface area (Å²) in [5, 5.41) is 10.7. The second-order valence-corrected chi connectivity index (χ2v) is 5.77. The van der Waals surface area contributed by atoms with Crippen molar-refractivity contribution in [3.05, 3.63) is 76.2 Å². The molecule has 0 aliphatic carbocycles. The third-order valence-corrected chi connectivity index (χ3v) is 3.86. The molecule has 1 amide bonds. The number of H-pyrrole nitrogens is 1. The summed E-state index contributed by atoms with van der Waals surface area (Å²) < 4.78 is 13.6. The second-order valence-electron chi connectivity index (χ2n) is 5.37. The predicted octanol–water partition coefficient (Wildman–Crippen LogP) is 3.94. The van der Waals surface area contributed by atoms with Gasteiger partial charge in [-0.2, -0.15) is 10.2 Å². The second kappa shape index (κ2) is 7.27. The number of amides is 1. The van der Waals surface area contributed by atoms with Crippen molar-refractivity contribution in [1.29, 1.82) is 0 Å². The highest BCUT2D eigenvalue weighted by molar-refractivity contribution is 6.33. The number of hydrazone groups is 1. The Hall–Kier alpha value is -2.99. The molecule has 3 aromatic rings. The summed E-state index contributed by atoms with van der Waals surface area (Å²) in [6.07, 6.45) is 1.16. The monoisotopic (exact) mass is 356 g/mol. The van der Waals surface area contributed by atoms with E-state index in [0.29, 0.717) is 5.69 Å². The van der Waals surface area contributed by atoms with Gasteiger partial charge in [0.15, 0.2) is 0 Å². The number of hydrogen-bond donors (Lipinski definition) is 2. The van der Waals surface area contributed by atoms with E-state index in [2.05, 4.69) is 20.7 Å². The van der Waals surface area contributed by atoms with Gasteiger partial charge in [0, 0.05) is 11.1 Å². The van der Waals surface area contributed by atoms with Gasteiger partial charge in [0.05, 0.1) is 16.9 Å². The fourth-order valence-electron chi connectivity index (χ4n) is 2.16. The molecule has 0 atom stereocenters. The Morgan fingerprint density at radius 3 is 2.76 bits per heavy atom. The van der Waals surface area contributed by atoms with Gasteiger partial charge in [0.25, 0.3) is 5.91 Å². The number of benzene rings is 2. The fourth-order valence-corrected chi connectivity index (χ4v) is 2.37. The zero-order valence-corrected chi connectivity index (χ0v) is 14.0. The van der Waals surface area contributed by atoms with E-state index >= 15 is 0 Å². The van der Waals surface area contributed by atoms with Crippen molar-refractivity contribution in [3.8, 4) is 11.3 Å². The molecular formula is C18H14ClFN4O. The minimum atomic E-state index is -0.520. The average molecular weight is 357 g/mol. The lowest BCUT2D eigenvalue weighted by Crippen LogP contribution is -2.18. The Morgan fingerprint density at radius 2 is 2.04 bits per heavy atom. The number of hydrogen-bond acceptors (Lipinski definition) is 3. The maximum atomic E-state index is 13.6. The van der Waals surface area contributed by atoms with Crippen molar-refractivity contribution >= 4 is 23.7 Å². The van der Waals surface area contributed by atoms with Crippen LogP contribution in [0.15, 0.2) is 53.6 Å². The smallest absolute Gasteiger partial charge is 0.272 e. The molecule has 25 heavy (non-hydrogen) atoms. The van der Waals surface area contributed by atoms with Crippen molar-refractivity contribution in [2.75, 3.05) is 0 Å². The quantitative estimate of drug-likeness (QED) is 0.549. The van der Waals surface area contributed by atoms with Gasteiger partial charge in [0.1, 0.15) is 11.5 Å². The molecule has 0 radical (unpaired) electrons. The molecule has 3 rings (SSSR count). The highest BCUT2D eigenvalue weighted by Gasteiger charge is 2.10. The highest BCUT2D eigenvalue weighted by atomic mass is 35.5. The van der Waals surface area contributed by atoms with E-state index in [4.69, 9.17) is 11.6 Å². The molecule has 0 aliphatic heterocycles. The number of carbonyl (C=O) groups excluding carboxylic acids is 1. The topological polar surface area (TPSA) is 70.1 Å². The third-order valence-electron chi connectivity index (χ3n) is 3.53. The molecule has 1 heterocycles. The molecule has 0 spiro atoms. The van der Waals surface area contributed by atoms with Gasteiger partial charge in [-0.15, -0.1) is 0 Å². The Balaban J connectivity index is 1.70. The Labute approximate surface area is 148 Å². The van der Waals surface area contributed by atoms with Crippen LogP contribution < -0.4 is 5.43 Å². The van der Waals surface area contributed by atoms with Gasteiger partial charge < -0.3 is 0 Å². The molecule has 0 saturated heterocycles. The fraction of sp³-hybridized carbons (Fsp3) is 0.0556. The number of nitrogens with zero attached hydrogens (tertiary/aromatic N) is 2. The number of halogens is 2. The van der Waals surface area contributed by atoms with E-state index in [1.165, 1.54) is 18.2 Å². The average Bonchev–Trinajstić information content (AvgIpc) is 3.08. The molecular weight excluding hydrogens is 343 g/mol. The van der Waals surface area contributed by atoms with Crippen LogP contribution in [0.5, 0.6) is 0 Å². The van der Waals surface area contributed by atoms with Gasteiger partial charge in [0.2, 0.25) is 0 Å². The maximum absolute atomic E-state index is 13.6. The van der Waals surface area contributed by atoms with E-state index < -0.39 is 11.7 Å². The van der Waals surface area contributed by atoms with Gasteiger partial charge in [-0.25, -0.2) is 9.82 Å². The van der Waals surface area contributed by atoms with Crippen LogP contribution in [-0.2, 0) is 0 Å². The molecule has 0 fully saturated rings. The van der Waals surface area contributed by atoms with Crippen molar-refractivity contribution < 1.29 is 9.18 Å². The number of rotatable bonds is 4. The third kappa shape index (κ3) is 3.92. The normalized spacial score (nSPS) is 11.0. The molecule has 0 unspecified atom stereocenters. The van der Waals surface area contributed by atoms with Crippen molar-refractivity contribution in [1.82, 2.24) is 15.6 Å². The molecule has 7 heteroatoms. The molecule has 0 bridgehead atoms. The minimum Gasteiger partial charge on any atom is -0.272 e. The summed E-state index contributed by atoms with van der Waals surface area (Å²) in [5.41, 5.74) is 5.33. The van der Waals surface area contributed by atoms with E-state index in [-0.39, 0.29) is 16.3 Å². The van der Waals surface area contributed by atoms with E-state index in [0.717, 1.165) is 17.3 Å². The summed E-state index contributed by atoms with van der Waals surface area (Å²) in [6, 6.07) is 13.7. The molecule has 1 aromatic heterocycles. The SMILES string of the molecule is Cc1ccc(-c2cc(C(=O)NN=Cc3c(F)cccc3Cl)[nH]n2)cc1. The van der Waals surface area contributed by atoms with Crippen LogP contribution in [0.4, 0.5) is 4.39 Å². The first-order valence-electron chi connectivity index (χ1n) is 7.44. The molecule has 126 valence electrons. The lowest BCUT2D eigenvalue weighted by atomic mass is 10.1. The molecule has 2 N–H and O–H groups in total. The summed E-state index contributed by atoms with van der Waals surface area (Å²) >= 11 is 5.88. The summed E-state index contributed by atoms with van der Waals surface area (Å²) in [7, 11) is 0. The lowest BCUT2D eigenvalue weighted by Gasteiger charge is -1.99. The van der Waals surface area contributed by atoms with Gasteiger partial charge in [-0.05, 0) is 25.1 Å². The Morgan fingerprint density at radius 1 is 1.28 bits per heavy atom. The molecule has 5 nitrogen and oxygen atoms in total. The van der Waals surface area contributed by atoms with Crippen LogP contribution in [0.25, 0.3) is 11.3 Å². The predicted molar refractivity (Wildman–Crippen MR) is 95.2 cm³/mol. The minimum absolute atomic E-state index is 0.106. The van der Waals surface area contributed by atoms with Gasteiger partial charge >= 0.3 is 0 Å². The number of aromatic amines is 1. The molecule has 0 saturated carbocycles. The standard InChI is InChI=1S/C18H14ClFN4O/c1-11-5-7-12(8-6-11)16-9-17(23-22-16)18(25)24-21-10-13-14(19)3-2-4-15(13)20/h2-10H,1H3,(H,22,23)(H,24,25). The van der Waals surface area contributed by atoms with E-state index in [1.54, 1.807) is 6.07 Å². The Kier molecular flexibility index (Phi) is 4.90. The van der Waals surface area contributed by atoms with Crippen molar-refractivity contribution in [2.24, 2.45) is 5.10 Å². The van der Waals surface area contributed by atoms with Crippen LogP contribution in [0, 0.1) is 12.7 Å². The van der Waals surface area contributed by atoms with Crippen LogP contribution in [0.1, 0.15) is 21.6 Å². The highest BCUT2D eigenvalue weighted by Crippen LogP contribution is 2.18. The Bertz CT molecular complexity index is 914. The molecule has 0 aliphatic rings. The van der Waals surface area contributed by atoms with Crippen LogP contribution in [0.3, 0.4) is 0 Å². The van der Waals surface area contributed by atoms with E-state index in [9.17, 15) is 9.18 Å². The maximum Gasteiger partial charge on any atom is 0.289 e. The van der Waals surface area contributed by atoms with Crippen molar-refractivity contribution in [2.45, 2.75) is 6.92 Å². The number of aromatic nitrogens is 2. The van der Waals surface area contributed by atoms with Gasteiger partial charge in [-0.3, -0.25) is 9.89 Å². The summed E-state index contributed by atoms with van der Waals surface area (Å²) in [6.45, 7) is 1.99. The number of nitrogens with one attached hydrogen (secondary N) is 2.